The van der Waals surface area contributed by atoms with Crippen molar-refractivity contribution in [3.8, 4) is 34.4 Å². The number of hydrogen-bond acceptors (Lipinski definition) is 7. The molecule has 1 aromatic heterocycles. The molecule has 152 valence electrons. The van der Waals surface area contributed by atoms with Gasteiger partial charge >= 0.3 is 0 Å². The number of benzene rings is 1. The first-order valence-corrected chi connectivity index (χ1v) is 10.0. The molecule has 0 fully saturated rings. The summed E-state index contributed by atoms with van der Waals surface area (Å²) in [4.78, 5) is 2.92. The third-order valence-corrected chi connectivity index (χ3v) is 5.04. The molecule has 0 amide bonds. The molecule has 0 saturated carbocycles. The molecule has 3 N–H and O–H groups in total. The molecule has 0 aliphatic carbocycles. The lowest BCUT2D eigenvalue weighted by Crippen LogP contribution is -2.22. The fourth-order valence-electron chi connectivity index (χ4n) is 2.73. The highest BCUT2D eigenvalue weighted by Crippen LogP contribution is 2.47. The molecule has 2 aromatic rings. The Hall–Kier alpha value is -2.45. The maximum atomic E-state index is 10.9. The van der Waals surface area contributed by atoms with Crippen molar-refractivity contribution in [3.05, 3.63) is 28.5 Å². The number of rotatable bonds is 9. The summed E-state index contributed by atoms with van der Waals surface area (Å²) >= 11 is 6.40. The Kier molecular flexibility index (Phi) is 7.15. The van der Waals surface area contributed by atoms with Gasteiger partial charge in [-0.25, -0.2) is 0 Å². The van der Waals surface area contributed by atoms with Gasteiger partial charge in [0.15, 0.2) is 11.5 Å². The molecule has 0 atom stereocenters. The third-order valence-electron chi connectivity index (χ3n) is 3.94. The van der Waals surface area contributed by atoms with Crippen LogP contribution in [-0.4, -0.2) is 51.6 Å². The van der Waals surface area contributed by atoms with Crippen LogP contribution in [0.1, 0.15) is 11.4 Å². The van der Waals surface area contributed by atoms with Gasteiger partial charge in [-0.3, -0.25) is 4.55 Å². The summed E-state index contributed by atoms with van der Waals surface area (Å²) in [7, 11) is 0.364. The van der Waals surface area contributed by atoms with Crippen molar-refractivity contribution in [2.45, 2.75) is 6.54 Å². The summed E-state index contributed by atoms with van der Waals surface area (Å²) in [6.45, 7) is 0.184. The van der Waals surface area contributed by atoms with Gasteiger partial charge in [0.05, 0.1) is 32.1 Å². The van der Waals surface area contributed by atoms with E-state index < -0.39 is 15.9 Å². The Morgan fingerprint density at radius 3 is 2.43 bits per heavy atom. The van der Waals surface area contributed by atoms with E-state index in [2.05, 4.69) is 10.3 Å². The molecule has 0 unspecified atom stereocenters. The zero-order valence-electron chi connectivity index (χ0n) is 15.5. The van der Waals surface area contributed by atoms with E-state index in [9.17, 15) is 13.7 Å². The number of ether oxygens (including phenoxy) is 3. The Labute approximate surface area is 167 Å². The Balaban J connectivity index is 2.50. The van der Waals surface area contributed by atoms with Crippen molar-refractivity contribution >= 4 is 21.7 Å². The average Bonchev–Trinajstić information content (AvgIpc) is 2.98. The molecule has 0 aliphatic rings. The van der Waals surface area contributed by atoms with Gasteiger partial charge in [-0.2, -0.15) is 13.7 Å². The van der Waals surface area contributed by atoms with E-state index in [-0.39, 0.29) is 23.8 Å². The van der Waals surface area contributed by atoms with Crippen LogP contribution in [0.5, 0.6) is 17.2 Å². The van der Waals surface area contributed by atoms with Crippen LogP contribution in [0.4, 0.5) is 0 Å². The van der Waals surface area contributed by atoms with Crippen molar-refractivity contribution in [2.24, 2.45) is 0 Å². The van der Waals surface area contributed by atoms with Gasteiger partial charge in [-0.05, 0) is 12.1 Å². The van der Waals surface area contributed by atoms with E-state index in [1.807, 2.05) is 6.07 Å². The van der Waals surface area contributed by atoms with Crippen LogP contribution in [0, 0.1) is 11.3 Å². The number of nitrogens with one attached hydrogen (secondary N) is 2. The molecule has 9 nitrogen and oxygen atoms in total. The highest BCUT2D eigenvalue weighted by atomic mass is 35.5. The molecule has 0 bridgehead atoms. The largest absolute Gasteiger partial charge is 0.493 e. The molecule has 0 saturated heterocycles. The van der Waals surface area contributed by atoms with E-state index in [4.69, 9.17) is 30.4 Å². The number of aromatic amines is 1. The fraction of sp³-hybridized carbons (Fsp3) is 0.353. The SMILES string of the molecule is COc1ccc(-c2c(CNCCS(=O)(=O)O)[nH]c(C#N)c2Cl)c(OC)c1OC. The predicted molar refractivity (Wildman–Crippen MR) is 104 cm³/mol. The van der Waals surface area contributed by atoms with E-state index in [0.717, 1.165) is 0 Å². The molecule has 0 aliphatic heterocycles. The highest BCUT2D eigenvalue weighted by Gasteiger charge is 2.24. The Bertz CT molecular complexity index is 997. The maximum absolute atomic E-state index is 10.9. The summed E-state index contributed by atoms with van der Waals surface area (Å²) in [5.74, 6) is 0.750. The normalized spacial score (nSPS) is 11.1. The molecular formula is C17H20ClN3O6S. The molecule has 0 radical (unpaired) electrons. The van der Waals surface area contributed by atoms with E-state index in [1.165, 1.54) is 21.3 Å². The van der Waals surface area contributed by atoms with Crippen molar-refractivity contribution in [1.82, 2.24) is 10.3 Å². The molecule has 1 aromatic carbocycles. The number of H-pyrrole nitrogens is 1. The number of halogens is 1. The summed E-state index contributed by atoms with van der Waals surface area (Å²) < 4.78 is 46.7. The van der Waals surface area contributed by atoms with Crippen LogP contribution in [0.25, 0.3) is 11.1 Å². The van der Waals surface area contributed by atoms with Gasteiger partial charge in [0.2, 0.25) is 5.75 Å². The minimum Gasteiger partial charge on any atom is -0.493 e. The van der Waals surface area contributed by atoms with Crippen molar-refractivity contribution in [1.29, 1.82) is 5.26 Å². The van der Waals surface area contributed by atoms with Crippen LogP contribution >= 0.6 is 11.6 Å². The quantitative estimate of drug-likeness (QED) is 0.408. The molecule has 0 spiro atoms. The summed E-state index contributed by atoms with van der Waals surface area (Å²) in [6, 6.07) is 5.38. The van der Waals surface area contributed by atoms with Crippen LogP contribution < -0.4 is 19.5 Å². The standard InChI is InChI=1S/C17H20ClN3O6S/c1-25-13-5-4-10(16(26-2)17(13)27-3)14-12(21-11(8-19)15(14)18)9-20-6-7-28(22,23)24/h4-5,20-21H,6-7,9H2,1-3H3,(H,22,23,24). The predicted octanol–water partition coefficient (Wildman–Crippen LogP) is 2.21. The summed E-state index contributed by atoms with van der Waals surface area (Å²) in [5.41, 5.74) is 1.77. The van der Waals surface area contributed by atoms with Gasteiger partial charge in [0.25, 0.3) is 10.1 Å². The number of methoxy groups -OCH3 is 3. The number of aromatic nitrogens is 1. The second-order valence-electron chi connectivity index (χ2n) is 5.62. The van der Waals surface area contributed by atoms with E-state index in [1.54, 1.807) is 12.1 Å². The van der Waals surface area contributed by atoms with Crippen LogP contribution in [0.2, 0.25) is 5.02 Å². The zero-order chi connectivity index (χ0) is 20.9. The average molecular weight is 430 g/mol. The van der Waals surface area contributed by atoms with Gasteiger partial charge in [0.1, 0.15) is 11.8 Å². The van der Waals surface area contributed by atoms with Crippen molar-refractivity contribution in [3.63, 3.8) is 0 Å². The second kappa shape index (κ2) is 9.16. The zero-order valence-corrected chi connectivity index (χ0v) is 17.1. The lowest BCUT2D eigenvalue weighted by Gasteiger charge is -2.16. The first-order valence-electron chi connectivity index (χ1n) is 8.03. The second-order valence-corrected chi connectivity index (χ2v) is 7.57. The molecule has 2 rings (SSSR count). The smallest absolute Gasteiger partial charge is 0.266 e. The van der Waals surface area contributed by atoms with Crippen LogP contribution in [0.3, 0.4) is 0 Å². The fourth-order valence-corrected chi connectivity index (χ4v) is 3.44. The van der Waals surface area contributed by atoms with Gasteiger partial charge < -0.3 is 24.5 Å². The summed E-state index contributed by atoms with van der Waals surface area (Å²) in [5, 5.41) is 12.4. The highest BCUT2D eigenvalue weighted by molar-refractivity contribution is 7.85. The first-order chi connectivity index (χ1) is 13.3. The monoisotopic (exact) mass is 429 g/mol. The Morgan fingerprint density at radius 1 is 1.21 bits per heavy atom. The summed E-state index contributed by atoms with van der Waals surface area (Å²) in [6.07, 6.45) is 0. The van der Waals surface area contributed by atoms with Crippen LogP contribution in [-0.2, 0) is 16.7 Å². The number of hydrogen-bond donors (Lipinski definition) is 3. The number of nitriles is 1. The minimum absolute atomic E-state index is 0.0138. The van der Waals surface area contributed by atoms with Crippen molar-refractivity contribution in [2.75, 3.05) is 33.6 Å². The van der Waals surface area contributed by atoms with E-state index in [0.29, 0.717) is 34.1 Å². The topological polar surface area (TPSA) is 134 Å². The lowest BCUT2D eigenvalue weighted by atomic mass is 10.0. The molecule has 11 heteroatoms. The van der Waals surface area contributed by atoms with E-state index >= 15 is 0 Å². The minimum atomic E-state index is -4.08. The maximum Gasteiger partial charge on any atom is 0.266 e. The molecule has 28 heavy (non-hydrogen) atoms. The lowest BCUT2D eigenvalue weighted by molar-refractivity contribution is 0.325. The van der Waals surface area contributed by atoms with Crippen LogP contribution in [0.15, 0.2) is 12.1 Å². The van der Waals surface area contributed by atoms with Gasteiger partial charge in [-0.1, -0.05) is 11.6 Å². The van der Waals surface area contributed by atoms with Crippen molar-refractivity contribution < 1.29 is 27.2 Å². The number of nitrogens with zero attached hydrogens (tertiary/aromatic N) is 1. The third kappa shape index (κ3) is 4.69. The van der Waals surface area contributed by atoms with Gasteiger partial charge in [-0.15, -0.1) is 0 Å². The Morgan fingerprint density at radius 2 is 1.89 bits per heavy atom. The molecule has 1 heterocycles. The molecular weight excluding hydrogens is 410 g/mol. The van der Waals surface area contributed by atoms with Gasteiger partial charge in [0, 0.05) is 29.9 Å². The first kappa shape index (κ1) is 21.8.